The molecule has 1 aromatic carbocycles. The van der Waals surface area contributed by atoms with E-state index in [-0.39, 0.29) is 6.04 Å². The predicted molar refractivity (Wildman–Crippen MR) is 66.9 cm³/mol. The van der Waals surface area contributed by atoms with E-state index in [1.54, 1.807) is 0 Å². The lowest BCUT2D eigenvalue weighted by Crippen LogP contribution is -2.30. The molecule has 1 unspecified atom stereocenters. The Bertz CT molecular complexity index is 465. The first-order valence-electron chi connectivity index (χ1n) is 5.79. The number of carboxylic acids is 1. The van der Waals surface area contributed by atoms with Crippen molar-refractivity contribution in [3.05, 3.63) is 47.0 Å². The fourth-order valence-electron chi connectivity index (χ4n) is 2.26. The molecular formula is C14H17NO2. The molecule has 0 saturated heterocycles. The van der Waals surface area contributed by atoms with Gasteiger partial charge in [-0.05, 0) is 31.5 Å². The summed E-state index contributed by atoms with van der Waals surface area (Å²) in [5, 5.41) is 9.07. The van der Waals surface area contributed by atoms with E-state index in [1.165, 1.54) is 11.1 Å². The summed E-state index contributed by atoms with van der Waals surface area (Å²) in [5.41, 5.74) is 2.91. The van der Waals surface area contributed by atoms with E-state index < -0.39 is 5.97 Å². The van der Waals surface area contributed by atoms with Crippen LogP contribution in [-0.4, -0.2) is 29.6 Å². The van der Waals surface area contributed by atoms with Crippen molar-refractivity contribution in [2.24, 2.45) is 0 Å². The Morgan fingerprint density at radius 2 is 2.12 bits per heavy atom. The SMILES string of the molecule is Cc1ccccc1C1C=C(C(=O)O)CCN1C. The largest absolute Gasteiger partial charge is 0.478 e. The molecule has 1 aliphatic rings. The van der Waals surface area contributed by atoms with E-state index in [2.05, 4.69) is 24.0 Å². The molecule has 0 bridgehead atoms. The summed E-state index contributed by atoms with van der Waals surface area (Å²) in [6.45, 7) is 2.85. The van der Waals surface area contributed by atoms with Gasteiger partial charge >= 0.3 is 5.97 Å². The lowest BCUT2D eigenvalue weighted by Gasteiger charge is -2.31. The number of hydrogen-bond acceptors (Lipinski definition) is 2. The molecule has 17 heavy (non-hydrogen) atoms. The first-order chi connectivity index (χ1) is 8.09. The fraction of sp³-hybridized carbons (Fsp3) is 0.357. The second kappa shape index (κ2) is 4.72. The smallest absolute Gasteiger partial charge is 0.331 e. The second-order valence-electron chi connectivity index (χ2n) is 4.53. The third kappa shape index (κ3) is 2.39. The Hall–Kier alpha value is -1.61. The van der Waals surface area contributed by atoms with Crippen LogP contribution in [-0.2, 0) is 4.79 Å². The maximum absolute atomic E-state index is 11.0. The van der Waals surface area contributed by atoms with Crippen molar-refractivity contribution in [2.45, 2.75) is 19.4 Å². The van der Waals surface area contributed by atoms with Crippen LogP contribution in [0.5, 0.6) is 0 Å². The van der Waals surface area contributed by atoms with E-state index in [0.29, 0.717) is 12.0 Å². The molecule has 1 atom stereocenters. The molecule has 90 valence electrons. The van der Waals surface area contributed by atoms with Crippen LogP contribution in [0.15, 0.2) is 35.9 Å². The van der Waals surface area contributed by atoms with Gasteiger partial charge < -0.3 is 5.11 Å². The minimum atomic E-state index is -0.795. The lowest BCUT2D eigenvalue weighted by molar-refractivity contribution is -0.133. The maximum Gasteiger partial charge on any atom is 0.331 e. The molecular weight excluding hydrogens is 214 g/mol. The zero-order valence-electron chi connectivity index (χ0n) is 10.2. The van der Waals surface area contributed by atoms with Crippen molar-refractivity contribution in [3.63, 3.8) is 0 Å². The highest BCUT2D eigenvalue weighted by atomic mass is 16.4. The van der Waals surface area contributed by atoms with Crippen molar-refractivity contribution in [1.29, 1.82) is 0 Å². The Labute approximate surface area is 101 Å². The van der Waals surface area contributed by atoms with Crippen molar-refractivity contribution in [2.75, 3.05) is 13.6 Å². The monoisotopic (exact) mass is 231 g/mol. The number of hydrogen-bond donors (Lipinski definition) is 1. The molecule has 0 spiro atoms. The van der Waals surface area contributed by atoms with Gasteiger partial charge in [-0.3, -0.25) is 4.90 Å². The molecule has 1 aliphatic heterocycles. The first-order valence-corrected chi connectivity index (χ1v) is 5.79. The van der Waals surface area contributed by atoms with Crippen LogP contribution in [0.2, 0.25) is 0 Å². The van der Waals surface area contributed by atoms with Gasteiger partial charge in [0.2, 0.25) is 0 Å². The van der Waals surface area contributed by atoms with Crippen LogP contribution in [0, 0.1) is 6.92 Å². The zero-order valence-corrected chi connectivity index (χ0v) is 10.2. The van der Waals surface area contributed by atoms with Gasteiger partial charge in [0, 0.05) is 12.1 Å². The lowest BCUT2D eigenvalue weighted by atomic mass is 9.94. The molecule has 0 fully saturated rings. The summed E-state index contributed by atoms with van der Waals surface area (Å²) in [6, 6.07) is 8.21. The Kier molecular flexibility index (Phi) is 3.29. The third-order valence-electron chi connectivity index (χ3n) is 3.35. The maximum atomic E-state index is 11.0. The molecule has 0 aliphatic carbocycles. The zero-order chi connectivity index (χ0) is 12.4. The number of nitrogens with zero attached hydrogens (tertiary/aromatic N) is 1. The highest BCUT2D eigenvalue weighted by molar-refractivity contribution is 5.87. The van der Waals surface area contributed by atoms with Crippen molar-refractivity contribution in [3.8, 4) is 0 Å². The van der Waals surface area contributed by atoms with Gasteiger partial charge in [-0.25, -0.2) is 4.79 Å². The number of likely N-dealkylation sites (N-methyl/N-ethyl adjacent to an activating group) is 1. The fourth-order valence-corrected chi connectivity index (χ4v) is 2.26. The number of carbonyl (C=O) groups is 1. The number of aryl methyl sites for hydroxylation is 1. The minimum Gasteiger partial charge on any atom is -0.478 e. The van der Waals surface area contributed by atoms with Crippen molar-refractivity contribution >= 4 is 5.97 Å². The Morgan fingerprint density at radius 1 is 1.41 bits per heavy atom. The molecule has 3 nitrogen and oxygen atoms in total. The normalized spacial score (nSPS) is 21.1. The Balaban J connectivity index is 2.39. The molecule has 1 heterocycles. The van der Waals surface area contributed by atoms with Crippen LogP contribution >= 0.6 is 0 Å². The number of benzene rings is 1. The summed E-state index contributed by atoms with van der Waals surface area (Å²) in [4.78, 5) is 13.2. The highest BCUT2D eigenvalue weighted by Gasteiger charge is 2.23. The molecule has 0 radical (unpaired) electrons. The van der Waals surface area contributed by atoms with Gasteiger partial charge in [-0.2, -0.15) is 0 Å². The summed E-state index contributed by atoms with van der Waals surface area (Å²) in [6.07, 6.45) is 2.49. The van der Waals surface area contributed by atoms with Crippen LogP contribution < -0.4 is 0 Å². The summed E-state index contributed by atoms with van der Waals surface area (Å²) >= 11 is 0. The molecule has 2 rings (SSSR count). The van der Waals surface area contributed by atoms with E-state index in [0.717, 1.165) is 6.54 Å². The predicted octanol–water partition coefficient (Wildman–Crippen LogP) is 2.38. The van der Waals surface area contributed by atoms with Gasteiger partial charge in [0.1, 0.15) is 0 Å². The summed E-state index contributed by atoms with van der Waals surface area (Å²) in [5.74, 6) is -0.795. The third-order valence-corrected chi connectivity index (χ3v) is 3.35. The topological polar surface area (TPSA) is 40.5 Å². The van der Waals surface area contributed by atoms with Gasteiger partial charge in [0.25, 0.3) is 0 Å². The summed E-state index contributed by atoms with van der Waals surface area (Å²) < 4.78 is 0. The van der Waals surface area contributed by atoms with Crippen molar-refractivity contribution < 1.29 is 9.90 Å². The van der Waals surface area contributed by atoms with E-state index >= 15 is 0 Å². The second-order valence-corrected chi connectivity index (χ2v) is 4.53. The average molecular weight is 231 g/mol. The molecule has 3 heteroatoms. The molecule has 0 amide bonds. The number of carboxylic acid groups (broad SMARTS) is 1. The van der Waals surface area contributed by atoms with Crippen LogP contribution in [0.4, 0.5) is 0 Å². The minimum absolute atomic E-state index is 0.0797. The first kappa shape index (κ1) is 11.9. The van der Waals surface area contributed by atoms with Crippen LogP contribution in [0.1, 0.15) is 23.6 Å². The van der Waals surface area contributed by atoms with E-state index in [4.69, 9.17) is 5.11 Å². The Morgan fingerprint density at radius 3 is 2.76 bits per heavy atom. The molecule has 1 aromatic rings. The van der Waals surface area contributed by atoms with Gasteiger partial charge in [-0.1, -0.05) is 30.3 Å². The summed E-state index contributed by atoms with van der Waals surface area (Å²) in [7, 11) is 2.03. The highest BCUT2D eigenvalue weighted by Crippen LogP contribution is 2.29. The van der Waals surface area contributed by atoms with Gasteiger partial charge in [-0.15, -0.1) is 0 Å². The van der Waals surface area contributed by atoms with Gasteiger partial charge in [0.05, 0.1) is 6.04 Å². The molecule has 1 N–H and O–H groups in total. The average Bonchev–Trinajstić information content (AvgIpc) is 2.30. The van der Waals surface area contributed by atoms with Gasteiger partial charge in [0.15, 0.2) is 0 Å². The standard InChI is InChI=1S/C14H17NO2/c1-10-5-3-4-6-12(10)13-9-11(14(16)17)7-8-15(13)2/h3-6,9,13H,7-8H2,1-2H3,(H,16,17). The van der Waals surface area contributed by atoms with Crippen LogP contribution in [0.3, 0.4) is 0 Å². The number of aliphatic carboxylic acids is 1. The van der Waals surface area contributed by atoms with E-state index in [1.807, 2.05) is 25.3 Å². The van der Waals surface area contributed by atoms with Crippen molar-refractivity contribution in [1.82, 2.24) is 4.90 Å². The van der Waals surface area contributed by atoms with Crippen LogP contribution in [0.25, 0.3) is 0 Å². The number of rotatable bonds is 2. The molecule has 0 saturated carbocycles. The molecule has 0 aromatic heterocycles. The van der Waals surface area contributed by atoms with E-state index in [9.17, 15) is 4.79 Å². The quantitative estimate of drug-likeness (QED) is 0.849.